The second-order valence-corrected chi connectivity index (χ2v) is 6.26. The summed E-state index contributed by atoms with van der Waals surface area (Å²) in [6, 6.07) is 9.47. The standard InChI is InChI=1S/C19H23N3O4/c1-14(23)25-11-10-22-18-9-5-8-17(16(18)12-20-22)21-19(24)26-13-15-6-3-2-4-7-15/h2-4,6-7,12,17H,5,8-11,13H2,1H3,(H,21,24)/t17-/m0/s1. The number of esters is 1. The summed E-state index contributed by atoms with van der Waals surface area (Å²) in [6.07, 6.45) is 4.05. The van der Waals surface area contributed by atoms with E-state index in [1.165, 1.54) is 6.92 Å². The minimum absolute atomic E-state index is 0.107. The molecule has 0 bridgehead atoms. The summed E-state index contributed by atoms with van der Waals surface area (Å²) >= 11 is 0. The van der Waals surface area contributed by atoms with E-state index in [1.54, 1.807) is 6.20 Å². The van der Waals surface area contributed by atoms with Gasteiger partial charge in [0, 0.05) is 18.2 Å². The highest BCUT2D eigenvalue weighted by atomic mass is 16.5. The molecule has 1 atom stereocenters. The van der Waals surface area contributed by atoms with Crippen LogP contribution < -0.4 is 5.32 Å². The van der Waals surface area contributed by atoms with Gasteiger partial charge in [0.05, 0.1) is 18.8 Å². The Kier molecular flexibility index (Phi) is 5.88. The maximum atomic E-state index is 12.1. The topological polar surface area (TPSA) is 82.5 Å². The Bertz CT molecular complexity index is 757. The van der Waals surface area contributed by atoms with Gasteiger partial charge in [-0.3, -0.25) is 9.48 Å². The molecule has 1 aromatic carbocycles. The van der Waals surface area contributed by atoms with Gasteiger partial charge in [-0.25, -0.2) is 4.79 Å². The summed E-state index contributed by atoms with van der Waals surface area (Å²) < 4.78 is 12.1. The van der Waals surface area contributed by atoms with Crippen molar-refractivity contribution in [2.75, 3.05) is 6.61 Å². The number of hydrogen-bond donors (Lipinski definition) is 1. The minimum Gasteiger partial charge on any atom is -0.464 e. The molecular formula is C19H23N3O4. The van der Waals surface area contributed by atoms with Crippen LogP contribution in [0.15, 0.2) is 36.5 Å². The van der Waals surface area contributed by atoms with Crippen molar-refractivity contribution in [2.24, 2.45) is 0 Å². The van der Waals surface area contributed by atoms with Gasteiger partial charge >= 0.3 is 12.1 Å². The molecular weight excluding hydrogens is 334 g/mol. The van der Waals surface area contributed by atoms with Gasteiger partial charge in [-0.2, -0.15) is 5.10 Å². The zero-order chi connectivity index (χ0) is 18.4. The van der Waals surface area contributed by atoms with Crippen LogP contribution in [0.2, 0.25) is 0 Å². The fourth-order valence-corrected chi connectivity index (χ4v) is 3.14. The Balaban J connectivity index is 1.56. The second-order valence-electron chi connectivity index (χ2n) is 6.26. The lowest BCUT2D eigenvalue weighted by Gasteiger charge is -2.24. The predicted octanol–water partition coefficient (Wildman–Crippen LogP) is 2.75. The third-order valence-corrected chi connectivity index (χ3v) is 4.38. The van der Waals surface area contributed by atoms with Gasteiger partial charge in [-0.1, -0.05) is 30.3 Å². The summed E-state index contributed by atoms with van der Waals surface area (Å²) in [7, 11) is 0. The Hall–Kier alpha value is -2.83. The first-order valence-electron chi connectivity index (χ1n) is 8.78. The lowest BCUT2D eigenvalue weighted by molar-refractivity contribution is -0.141. The first-order chi connectivity index (χ1) is 12.6. The number of fused-ring (bicyclic) bond motifs is 1. The summed E-state index contributed by atoms with van der Waals surface area (Å²) in [4.78, 5) is 23.0. The lowest BCUT2D eigenvalue weighted by Crippen LogP contribution is -2.31. The van der Waals surface area contributed by atoms with Crippen LogP contribution in [-0.2, 0) is 33.8 Å². The number of amides is 1. The van der Waals surface area contributed by atoms with Crippen LogP contribution in [0.1, 0.15) is 42.6 Å². The van der Waals surface area contributed by atoms with Gasteiger partial charge in [0.25, 0.3) is 0 Å². The fourth-order valence-electron chi connectivity index (χ4n) is 3.14. The number of carbonyl (C=O) groups excluding carboxylic acids is 2. The molecule has 0 saturated carbocycles. The van der Waals surface area contributed by atoms with Crippen LogP contribution in [0, 0.1) is 0 Å². The first-order valence-corrected chi connectivity index (χ1v) is 8.78. The SMILES string of the molecule is CC(=O)OCCn1ncc2c1CCC[C@@H]2NC(=O)OCc1ccccc1. The average molecular weight is 357 g/mol. The fraction of sp³-hybridized carbons (Fsp3) is 0.421. The Labute approximate surface area is 152 Å². The third-order valence-electron chi connectivity index (χ3n) is 4.38. The van der Waals surface area contributed by atoms with Crippen molar-refractivity contribution in [3.63, 3.8) is 0 Å². The van der Waals surface area contributed by atoms with Crippen LogP contribution in [-0.4, -0.2) is 28.4 Å². The number of benzene rings is 1. The number of carbonyl (C=O) groups is 2. The van der Waals surface area contributed by atoms with E-state index in [1.807, 2.05) is 35.0 Å². The zero-order valence-corrected chi connectivity index (χ0v) is 14.8. The Morgan fingerprint density at radius 2 is 2.08 bits per heavy atom. The molecule has 7 heteroatoms. The van der Waals surface area contributed by atoms with Crippen molar-refractivity contribution < 1.29 is 19.1 Å². The quantitative estimate of drug-likeness (QED) is 0.804. The molecule has 0 spiro atoms. The van der Waals surface area contributed by atoms with E-state index in [2.05, 4.69) is 10.4 Å². The maximum absolute atomic E-state index is 12.1. The van der Waals surface area contributed by atoms with Crippen molar-refractivity contribution in [1.82, 2.24) is 15.1 Å². The molecule has 1 amide bonds. The molecule has 26 heavy (non-hydrogen) atoms. The summed E-state index contributed by atoms with van der Waals surface area (Å²) in [6.45, 7) is 2.44. The zero-order valence-electron chi connectivity index (χ0n) is 14.8. The van der Waals surface area contributed by atoms with E-state index in [0.717, 1.165) is 36.1 Å². The normalized spacial score (nSPS) is 15.8. The molecule has 138 valence electrons. The van der Waals surface area contributed by atoms with E-state index in [9.17, 15) is 9.59 Å². The number of alkyl carbamates (subject to hydrolysis) is 1. The number of nitrogens with one attached hydrogen (secondary N) is 1. The van der Waals surface area contributed by atoms with Gasteiger partial charge in [0.2, 0.25) is 0 Å². The van der Waals surface area contributed by atoms with E-state index in [-0.39, 0.29) is 18.6 Å². The number of ether oxygens (including phenoxy) is 2. The van der Waals surface area contributed by atoms with Gasteiger partial charge in [-0.15, -0.1) is 0 Å². The molecule has 0 radical (unpaired) electrons. The van der Waals surface area contributed by atoms with Crippen molar-refractivity contribution in [3.8, 4) is 0 Å². The highest BCUT2D eigenvalue weighted by Gasteiger charge is 2.26. The van der Waals surface area contributed by atoms with Crippen molar-refractivity contribution in [3.05, 3.63) is 53.3 Å². The van der Waals surface area contributed by atoms with Crippen LogP contribution in [0.25, 0.3) is 0 Å². The smallest absolute Gasteiger partial charge is 0.407 e. The molecule has 7 nitrogen and oxygen atoms in total. The number of aromatic nitrogens is 2. The van der Waals surface area contributed by atoms with Crippen LogP contribution in [0.5, 0.6) is 0 Å². The molecule has 1 aliphatic carbocycles. The predicted molar refractivity (Wildman–Crippen MR) is 94.3 cm³/mol. The summed E-state index contributed by atoms with van der Waals surface area (Å²) in [5.41, 5.74) is 3.04. The maximum Gasteiger partial charge on any atom is 0.407 e. The van der Waals surface area contributed by atoms with Gasteiger partial charge < -0.3 is 14.8 Å². The van der Waals surface area contributed by atoms with Crippen molar-refractivity contribution in [1.29, 1.82) is 0 Å². The van der Waals surface area contributed by atoms with E-state index in [0.29, 0.717) is 13.2 Å². The lowest BCUT2D eigenvalue weighted by atomic mass is 9.93. The summed E-state index contributed by atoms with van der Waals surface area (Å²) in [5.74, 6) is -0.299. The minimum atomic E-state index is -0.431. The molecule has 1 aliphatic rings. The first kappa shape index (κ1) is 18.0. The van der Waals surface area contributed by atoms with E-state index >= 15 is 0 Å². The Morgan fingerprint density at radius 3 is 2.85 bits per heavy atom. The van der Waals surface area contributed by atoms with Crippen LogP contribution >= 0.6 is 0 Å². The van der Waals surface area contributed by atoms with Gasteiger partial charge in [-0.05, 0) is 24.8 Å². The Morgan fingerprint density at radius 1 is 1.27 bits per heavy atom. The molecule has 0 saturated heterocycles. The van der Waals surface area contributed by atoms with Crippen molar-refractivity contribution >= 4 is 12.1 Å². The molecule has 1 heterocycles. The molecule has 0 unspecified atom stereocenters. The second kappa shape index (κ2) is 8.51. The number of hydrogen-bond acceptors (Lipinski definition) is 5. The number of rotatable bonds is 6. The van der Waals surface area contributed by atoms with Gasteiger partial charge in [0.1, 0.15) is 13.2 Å². The summed E-state index contributed by atoms with van der Waals surface area (Å²) in [5, 5.41) is 7.31. The van der Waals surface area contributed by atoms with Crippen LogP contribution in [0.4, 0.5) is 4.79 Å². The highest BCUT2D eigenvalue weighted by molar-refractivity contribution is 5.68. The third kappa shape index (κ3) is 4.62. The van der Waals surface area contributed by atoms with Gasteiger partial charge in [0.15, 0.2) is 0 Å². The molecule has 2 aromatic rings. The monoisotopic (exact) mass is 357 g/mol. The largest absolute Gasteiger partial charge is 0.464 e. The average Bonchev–Trinajstić information content (AvgIpc) is 3.05. The number of nitrogens with zero attached hydrogens (tertiary/aromatic N) is 2. The van der Waals surface area contributed by atoms with E-state index in [4.69, 9.17) is 9.47 Å². The molecule has 3 rings (SSSR count). The molecule has 1 aromatic heterocycles. The molecule has 1 N–H and O–H groups in total. The highest BCUT2D eigenvalue weighted by Crippen LogP contribution is 2.29. The molecule has 0 aliphatic heterocycles. The van der Waals surface area contributed by atoms with Crippen molar-refractivity contribution in [2.45, 2.75) is 45.4 Å². The molecule has 0 fully saturated rings. The van der Waals surface area contributed by atoms with E-state index < -0.39 is 6.09 Å². The van der Waals surface area contributed by atoms with Crippen LogP contribution in [0.3, 0.4) is 0 Å².